The van der Waals surface area contributed by atoms with Gasteiger partial charge in [-0.05, 0) is 49.1 Å². The molecule has 5 nitrogen and oxygen atoms in total. The second-order valence-corrected chi connectivity index (χ2v) is 8.34. The molecule has 1 aromatic heterocycles. The van der Waals surface area contributed by atoms with Gasteiger partial charge in [0.05, 0.1) is 5.69 Å². The third-order valence-corrected chi connectivity index (χ3v) is 6.34. The van der Waals surface area contributed by atoms with Crippen LogP contribution < -0.4 is 10.6 Å². The number of nitrogens with one attached hydrogen (secondary N) is 2. The number of fused-ring (bicyclic) bond motifs is 2. The Morgan fingerprint density at radius 1 is 1.15 bits per heavy atom. The van der Waals surface area contributed by atoms with Crippen LogP contribution in [0.2, 0.25) is 0 Å². The van der Waals surface area contributed by atoms with Crippen molar-refractivity contribution in [2.45, 2.75) is 39.0 Å². The molecule has 0 saturated heterocycles. The third-order valence-electron chi connectivity index (χ3n) is 5.58. The van der Waals surface area contributed by atoms with E-state index in [1.54, 1.807) is 0 Å². The minimum atomic E-state index is -0.0908. The number of anilines is 2. The van der Waals surface area contributed by atoms with Crippen LogP contribution in [0.4, 0.5) is 10.8 Å². The molecule has 4 rings (SSSR count). The van der Waals surface area contributed by atoms with Gasteiger partial charge in [0.25, 0.3) is 0 Å². The number of hydrogen-bond donors (Lipinski definition) is 2. The van der Waals surface area contributed by atoms with Crippen molar-refractivity contribution in [3.8, 4) is 11.3 Å². The second kappa shape index (κ2) is 7.19. The van der Waals surface area contributed by atoms with E-state index in [0.29, 0.717) is 17.5 Å². The van der Waals surface area contributed by atoms with Crippen molar-refractivity contribution in [1.82, 2.24) is 4.98 Å². The molecule has 3 atom stereocenters. The normalized spacial score (nSPS) is 23.8. The van der Waals surface area contributed by atoms with Gasteiger partial charge in [-0.1, -0.05) is 18.6 Å². The van der Waals surface area contributed by atoms with Crippen molar-refractivity contribution in [3.05, 3.63) is 29.6 Å². The number of carbonyl (C=O) groups excluding carboxylic acids is 2. The van der Waals surface area contributed by atoms with Crippen LogP contribution in [-0.4, -0.2) is 16.8 Å². The Hall–Kier alpha value is -2.21. The second-order valence-electron chi connectivity index (χ2n) is 7.48. The number of aromatic nitrogens is 1. The number of nitrogens with zero attached hydrogens (tertiary/aromatic N) is 1. The number of rotatable bonds is 5. The summed E-state index contributed by atoms with van der Waals surface area (Å²) < 4.78 is 0. The maximum absolute atomic E-state index is 12.4. The van der Waals surface area contributed by atoms with Crippen LogP contribution in [0.15, 0.2) is 29.6 Å². The molecule has 6 heteroatoms. The van der Waals surface area contributed by atoms with Crippen molar-refractivity contribution in [2.24, 2.45) is 17.8 Å². The highest BCUT2D eigenvalue weighted by Gasteiger charge is 2.40. The predicted molar refractivity (Wildman–Crippen MR) is 104 cm³/mol. The van der Waals surface area contributed by atoms with E-state index in [0.717, 1.165) is 28.8 Å². The fourth-order valence-electron chi connectivity index (χ4n) is 4.43. The highest BCUT2D eigenvalue weighted by molar-refractivity contribution is 7.14. The maximum atomic E-state index is 12.4. The summed E-state index contributed by atoms with van der Waals surface area (Å²) in [6, 6.07) is 7.54. The summed E-state index contributed by atoms with van der Waals surface area (Å²) >= 11 is 1.45. The van der Waals surface area contributed by atoms with Crippen LogP contribution in [0.25, 0.3) is 11.3 Å². The van der Waals surface area contributed by atoms with E-state index in [2.05, 4.69) is 15.6 Å². The van der Waals surface area contributed by atoms with E-state index in [4.69, 9.17) is 0 Å². The molecule has 2 fully saturated rings. The average molecular weight is 369 g/mol. The van der Waals surface area contributed by atoms with Crippen LogP contribution >= 0.6 is 11.3 Å². The Bertz CT molecular complexity index is 815. The van der Waals surface area contributed by atoms with Crippen LogP contribution in [-0.2, 0) is 9.59 Å². The summed E-state index contributed by atoms with van der Waals surface area (Å²) in [5, 5.41) is 8.31. The molecule has 26 heavy (non-hydrogen) atoms. The van der Waals surface area contributed by atoms with Crippen molar-refractivity contribution in [1.29, 1.82) is 0 Å². The number of amides is 2. The van der Waals surface area contributed by atoms with Crippen molar-refractivity contribution >= 4 is 34.0 Å². The lowest BCUT2D eigenvalue weighted by molar-refractivity contribution is -0.117. The molecule has 1 heterocycles. The average Bonchev–Trinajstić information content (AvgIpc) is 3.32. The SMILES string of the molecule is CC(=O)Nc1ccc(-c2csc(NC(=O)C[C@@H]3C[C@@H]4CC[C@@H]3C4)n2)cc1. The molecule has 2 aromatic rings. The van der Waals surface area contributed by atoms with E-state index in [1.807, 2.05) is 29.6 Å². The molecule has 0 radical (unpaired) electrons. The lowest BCUT2D eigenvalue weighted by Crippen LogP contribution is -2.20. The highest BCUT2D eigenvalue weighted by atomic mass is 32.1. The Balaban J connectivity index is 1.35. The molecular weight excluding hydrogens is 346 g/mol. The molecule has 0 spiro atoms. The number of thiazole rings is 1. The zero-order valence-electron chi connectivity index (χ0n) is 14.8. The Labute approximate surface area is 157 Å². The molecule has 2 N–H and O–H groups in total. The van der Waals surface area contributed by atoms with Gasteiger partial charge in [0.2, 0.25) is 11.8 Å². The Kier molecular flexibility index (Phi) is 4.76. The minimum absolute atomic E-state index is 0.0875. The highest BCUT2D eigenvalue weighted by Crippen LogP contribution is 2.49. The first-order chi connectivity index (χ1) is 12.6. The van der Waals surface area contributed by atoms with E-state index in [-0.39, 0.29) is 11.8 Å². The molecule has 0 unspecified atom stereocenters. The standard InChI is InChI=1S/C20H23N3O2S/c1-12(24)21-17-6-4-14(5-7-17)18-11-26-20(22-18)23-19(25)10-16-9-13-2-3-15(16)8-13/h4-7,11,13,15-16H,2-3,8-10H2,1H3,(H,21,24)(H,22,23,25)/t13-,15-,16+/m1/s1. The molecule has 2 saturated carbocycles. The smallest absolute Gasteiger partial charge is 0.226 e. The van der Waals surface area contributed by atoms with Crippen molar-refractivity contribution in [3.63, 3.8) is 0 Å². The maximum Gasteiger partial charge on any atom is 0.226 e. The number of benzene rings is 1. The largest absolute Gasteiger partial charge is 0.326 e. The summed E-state index contributed by atoms with van der Waals surface area (Å²) in [5.41, 5.74) is 2.56. The zero-order chi connectivity index (χ0) is 18.1. The molecule has 136 valence electrons. The summed E-state index contributed by atoms with van der Waals surface area (Å²) in [6.45, 7) is 1.49. The van der Waals surface area contributed by atoms with E-state index in [1.165, 1.54) is 43.9 Å². The van der Waals surface area contributed by atoms with Crippen molar-refractivity contribution in [2.75, 3.05) is 10.6 Å². The summed E-state index contributed by atoms with van der Waals surface area (Å²) in [4.78, 5) is 28.0. The quantitative estimate of drug-likeness (QED) is 0.813. The Morgan fingerprint density at radius 3 is 2.62 bits per heavy atom. The molecule has 1 aromatic carbocycles. The monoisotopic (exact) mass is 369 g/mol. The van der Waals surface area contributed by atoms with Gasteiger partial charge >= 0.3 is 0 Å². The summed E-state index contributed by atoms with van der Waals surface area (Å²) in [7, 11) is 0. The van der Waals surface area contributed by atoms with Crippen LogP contribution in [0.3, 0.4) is 0 Å². The van der Waals surface area contributed by atoms with Gasteiger partial charge < -0.3 is 10.6 Å². The fraction of sp³-hybridized carbons (Fsp3) is 0.450. The minimum Gasteiger partial charge on any atom is -0.326 e. The van der Waals surface area contributed by atoms with E-state index < -0.39 is 0 Å². The van der Waals surface area contributed by atoms with Gasteiger partial charge in [0.15, 0.2) is 5.13 Å². The number of carbonyl (C=O) groups is 2. The lowest BCUT2D eigenvalue weighted by Gasteiger charge is -2.20. The van der Waals surface area contributed by atoms with E-state index in [9.17, 15) is 9.59 Å². The summed E-state index contributed by atoms with van der Waals surface area (Å²) in [5.74, 6) is 2.19. The predicted octanol–water partition coefficient (Wildman–Crippen LogP) is 4.53. The molecule has 0 aliphatic heterocycles. The number of hydrogen-bond acceptors (Lipinski definition) is 4. The van der Waals surface area contributed by atoms with Gasteiger partial charge in [0, 0.05) is 30.0 Å². The Morgan fingerprint density at radius 2 is 1.96 bits per heavy atom. The van der Waals surface area contributed by atoms with Crippen LogP contribution in [0.5, 0.6) is 0 Å². The van der Waals surface area contributed by atoms with Crippen LogP contribution in [0, 0.1) is 17.8 Å². The molecule has 2 bridgehead atoms. The molecule has 2 aliphatic carbocycles. The lowest BCUT2D eigenvalue weighted by atomic mass is 9.86. The van der Waals surface area contributed by atoms with Crippen molar-refractivity contribution < 1.29 is 9.59 Å². The topological polar surface area (TPSA) is 71.1 Å². The van der Waals surface area contributed by atoms with Gasteiger partial charge in [-0.3, -0.25) is 9.59 Å². The van der Waals surface area contributed by atoms with E-state index >= 15 is 0 Å². The molecule has 2 aliphatic rings. The third kappa shape index (κ3) is 3.80. The van der Waals surface area contributed by atoms with Gasteiger partial charge in [0.1, 0.15) is 0 Å². The molecule has 2 amide bonds. The van der Waals surface area contributed by atoms with Gasteiger partial charge in [-0.25, -0.2) is 4.98 Å². The summed E-state index contributed by atoms with van der Waals surface area (Å²) in [6.07, 6.45) is 5.84. The first-order valence-corrected chi connectivity index (χ1v) is 10.1. The fourth-order valence-corrected chi connectivity index (χ4v) is 5.16. The van der Waals surface area contributed by atoms with Crippen LogP contribution in [0.1, 0.15) is 39.0 Å². The first kappa shape index (κ1) is 17.2. The zero-order valence-corrected chi connectivity index (χ0v) is 15.6. The van der Waals surface area contributed by atoms with Gasteiger partial charge in [-0.15, -0.1) is 11.3 Å². The van der Waals surface area contributed by atoms with Gasteiger partial charge in [-0.2, -0.15) is 0 Å². The molecular formula is C20H23N3O2S. The first-order valence-electron chi connectivity index (χ1n) is 9.20.